The van der Waals surface area contributed by atoms with Crippen molar-refractivity contribution >= 4 is 0 Å². The second kappa shape index (κ2) is 5.95. The van der Waals surface area contributed by atoms with Crippen molar-refractivity contribution in [3.8, 4) is 0 Å². The average Bonchev–Trinajstić information content (AvgIpc) is 3.02. The van der Waals surface area contributed by atoms with Crippen molar-refractivity contribution in [2.45, 2.75) is 44.8 Å². The van der Waals surface area contributed by atoms with Gasteiger partial charge in [-0.3, -0.25) is 0 Å². The lowest BCUT2D eigenvalue weighted by atomic mass is 9.92. The van der Waals surface area contributed by atoms with E-state index in [1.54, 1.807) is 7.11 Å². The minimum Gasteiger partial charge on any atom is -0.370 e. The van der Waals surface area contributed by atoms with Crippen molar-refractivity contribution < 1.29 is 9.26 Å². The van der Waals surface area contributed by atoms with E-state index in [-0.39, 0.29) is 0 Å². The Morgan fingerprint density at radius 2 is 1.81 bits per heavy atom. The standard InChI is InChI=1S/C16H23N3O2/c1-5-16(6-2,20-4)13-18-14(21-19-13)15(3,17)12-10-8-7-9-11-12/h7-11H,5-6,17H2,1-4H3. The predicted octanol–water partition coefficient (Wildman–Crippen LogP) is 2.95. The minimum atomic E-state index is -0.826. The van der Waals surface area contributed by atoms with Gasteiger partial charge >= 0.3 is 0 Å². The predicted molar refractivity (Wildman–Crippen MR) is 80.7 cm³/mol. The maximum Gasteiger partial charge on any atom is 0.251 e. The zero-order valence-electron chi connectivity index (χ0n) is 13.1. The third-order valence-corrected chi connectivity index (χ3v) is 4.18. The third kappa shape index (κ3) is 2.71. The van der Waals surface area contributed by atoms with Gasteiger partial charge in [0.25, 0.3) is 5.89 Å². The molecule has 0 aliphatic rings. The molecule has 0 spiro atoms. The van der Waals surface area contributed by atoms with Crippen LogP contribution in [0.4, 0.5) is 0 Å². The van der Waals surface area contributed by atoms with Gasteiger partial charge in [-0.15, -0.1) is 0 Å². The monoisotopic (exact) mass is 289 g/mol. The third-order valence-electron chi connectivity index (χ3n) is 4.18. The molecule has 0 aliphatic heterocycles. The van der Waals surface area contributed by atoms with Crippen molar-refractivity contribution in [1.82, 2.24) is 10.1 Å². The Morgan fingerprint density at radius 1 is 1.19 bits per heavy atom. The highest BCUT2D eigenvalue weighted by Gasteiger charge is 2.37. The molecule has 1 atom stereocenters. The summed E-state index contributed by atoms with van der Waals surface area (Å²) in [5, 5.41) is 4.10. The second-order valence-electron chi connectivity index (χ2n) is 5.40. The summed E-state index contributed by atoms with van der Waals surface area (Å²) in [7, 11) is 1.67. The van der Waals surface area contributed by atoms with E-state index in [9.17, 15) is 0 Å². The molecule has 2 N–H and O–H groups in total. The number of nitrogens with two attached hydrogens (primary N) is 1. The summed E-state index contributed by atoms with van der Waals surface area (Å²) in [4.78, 5) is 4.52. The number of aromatic nitrogens is 2. The zero-order chi connectivity index (χ0) is 15.5. The Balaban J connectivity index is 2.40. The van der Waals surface area contributed by atoms with Crippen LogP contribution in [0.15, 0.2) is 34.9 Å². The molecule has 21 heavy (non-hydrogen) atoms. The Kier molecular flexibility index (Phi) is 4.44. The first-order valence-electron chi connectivity index (χ1n) is 7.24. The van der Waals surface area contributed by atoms with Crippen LogP contribution in [-0.2, 0) is 15.9 Å². The second-order valence-corrected chi connectivity index (χ2v) is 5.40. The number of hydrogen-bond acceptors (Lipinski definition) is 5. The van der Waals surface area contributed by atoms with E-state index in [2.05, 4.69) is 10.1 Å². The number of rotatable bonds is 6. The molecule has 0 saturated heterocycles. The summed E-state index contributed by atoms with van der Waals surface area (Å²) in [6, 6.07) is 9.73. The van der Waals surface area contributed by atoms with Crippen LogP contribution in [-0.4, -0.2) is 17.3 Å². The largest absolute Gasteiger partial charge is 0.370 e. The number of methoxy groups -OCH3 is 1. The van der Waals surface area contributed by atoms with Crippen molar-refractivity contribution in [2.75, 3.05) is 7.11 Å². The summed E-state index contributed by atoms with van der Waals surface area (Å²) in [5.74, 6) is 0.949. The fraction of sp³-hybridized carbons (Fsp3) is 0.500. The highest BCUT2D eigenvalue weighted by Crippen LogP contribution is 2.32. The molecular formula is C16H23N3O2. The first kappa shape index (κ1) is 15.7. The quantitative estimate of drug-likeness (QED) is 0.885. The summed E-state index contributed by atoms with van der Waals surface area (Å²) >= 11 is 0. The van der Waals surface area contributed by atoms with Gasteiger partial charge in [0.15, 0.2) is 0 Å². The van der Waals surface area contributed by atoms with Crippen LogP contribution in [0.5, 0.6) is 0 Å². The molecule has 1 heterocycles. The molecule has 0 amide bonds. The van der Waals surface area contributed by atoms with E-state index < -0.39 is 11.1 Å². The molecule has 2 rings (SSSR count). The molecule has 2 aromatic rings. The smallest absolute Gasteiger partial charge is 0.251 e. The van der Waals surface area contributed by atoms with E-state index in [1.165, 1.54) is 0 Å². The van der Waals surface area contributed by atoms with E-state index >= 15 is 0 Å². The fourth-order valence-corrected chi connectivity index (χ4v) is 2.47. The zero-order valence-corrected chi connectivity index (χ0v) is 13.1. The van der Waals surface area contributed by atoms with Gasteiger partial charge in [-0.25, -0.2) is 0 Å². The lowest BCUT2D eigenvalue weighted by Crippen LogP contribution is -2.35. The molecule has 0 fully saturated rings. The van der Waals surface area contributed by atoms with E-state index in [0.717, 1.165) is 18.4 Å². The van der Waals surface area contributed by atoms with Gasteiger partial charge in [0.05, 0.1) is 0 Å². The maximum atomic E-state index is 6.40. The van der Waals surface area contributed by atoms with Crippen molar-refractivity contribution in [3.05, 3.63) is 47.6 Å². The summed E-state index contributed by atoms with van der Waals surface area (Å²) < 4.78 is 11.1. The molecule has 1 aromatic heterocycles. The summed E-state index contributed by atoms with van der Waals surface area (Å²) in [5.41, 5.74) is 5.99. The van der Waals surface area contributed by atoms with Crippen molar-refractivity contribution in [1.29, 1.82) is 0 Å². The molecule has 1 unspecified atom stereocenters. The maximum absolute atomic E-state index is 6.40. The average molecular weight is 289 g/mol. The van der Waals surface area contributed by atoms with Crippen LogP contribution in [0.3, 0.4) is 0 Å². The molecule has 1 aromatic carbocycles. The Hall–Kier alpha value is -1.72. The van der Waals surface area contributed by atoms with Crippen LogP contribution in [0.25, 0.3) is 0 Å². The van der Waals surface area contributed by atoms with Crippen LogP contribution in [0, 0.1) is 0 Å². The lowest BCUT2D eigenvalue weighted by molar-refractivity contribution is -0.0306. The van der Waals surface area contributed by atoms with Gasteiger partial charge in [-0.05, 0) is 25.3 Å². The Bertz CT molecular complexity index is 566. The van der Waals surface area contributed by atoms with Gasteiger partial charge in [0.2, 0.25) is 5.82 Å². The number of nitrogens with zero attached hydrogens (tertiary/aromatic N) is 2. The van der Waals surface area contributed by atoms with Crippen LogP contribution in [0.2, 0.25) is 0 Å². The van der Waals surface area contributed by atoms with Crippen LogP contribution >= 0.6 is 0 Å². The highest BCUT2D eigenvalue weighted by molar-refractivity contribution is 5.29. The van der Waals surface area contributed by atoms with E-state index in [4.69, 9.17) is 15.0 Å². The lowest BCUT2D eigenvalue weighted by Gasteiger charge is -2.26. The Morgan fingerprint density at radius 3 is 2.33 bits per heavy atom. The van der Waals surface area contributed by atoms with Gasteiger partial charge in [-0.2, -0.15) is 4.98 Å². The van der Waals surface area contributed by atoms with Gasteiger partial charge in [0, 0.05) is 7.11 Å². The molecule has 0 radical (unpaired) electrons. The molecule has 0 aliphatic carbocycles. The molecule has 0 saturated carbocycles. The molecular weight excluding hydrogens is 266 g/mol. The number of benzene rings is 1. The van der Waals surface area contributed by atoms with Gasteiger partial charge in [-0.1, -0.05) is 49.3 Å². The SMILES string of the molecule is CCC(CC)(OC)c1noc(C(C)(N)c2ccccc2)n1. The van der Waals surface area contributed by atoms with Crippen LogP contribution < -0.4 is 5.73 Å². The molecule has 5 nitrogen and oxygen atoms in total. The van der Waals surface area contributed by atoms with E-state index in [0.29, 0.717) is 11.7 Å². The number of hydrogen-bond donors (Lipinski definition) is 1. The number of ether oxygens (including phenoxy) is 1. The van der Waals surface area contributed by atoms with E-state index in [1.807, 2.05) is 51.1 Å². The summed E-state index contributed by atoms with van der Waals surface area (Å²) in [6.45, 7) is 5.95. The fourth-order valence-electron chi connectivity index (χ4n) is 2.47. The minimum absolute atomic E-state index is 0.395. The van der Waals surface area contributed by atoms with Crippen molar-refractivity contribution in [2.24, 2.45) is 5.73 Å². The molecule has 114 valence electrons. The topological polar surface area (TPSA) is 74.2 Å². The first-order valence-corrected chi connectivity index (χ1v) is 7.24. The summed E-state index contributed by atoms with van der Waals surface area (Å²) in [6.07, 6.45) is 1.54. The molecule has 5 heteroatoms. The normalized spacial score (nSPS) is 14.9. The van der Waals surface area contributed by atoms with Crippen LogP contribution in [0.1, 0.15) is 50.9 Å². The van der Waals surface area contributed by atoms with Gasteiger partial charge in [0.1, 0.15) is 11.1 Å². The highest BCUT2D eigenvalue weighted by atomic mass is 16.5. The van der Waals surface area contributed by atoms with Gasteiger partial charge < -0.3 is 15.0 Å². The first-order chi connectivity index (χ1) is 10.00. The Labute approximate surface area is 125 Å². The van der Waals surface area contributed by atoms with Crippen molar-refractivity contribution in [3.63, 3.8) is 0 Å². The molecule has 0 bridgehead atoms.